The molecule has 20 heavy (non-hydrogen) atoms. The lowest BCUT2D eigenvalue weighted by Gasteiger charge is -2.13. The fourth-order valence-corrected chi connectivity index (χ4v) is 2.94. The van der Waals surface area contributed by atoms with E-state index in [-0.39, 0.29) is 11.3 Å². The number of amides is 1. The van der Waals surface area contributed by atoms with Crippen LogP contribution in [-0.4, -0.2) is 13.0 Å². The van der Waals surface area contributed by atoms with Gasteiger partial charge in [-0.15, -0.1) is 11.6 Å². The number of rotatable bonds is 3. The van der Waals surface area contributed by atoms with Crippen LogP contribution in [0.15, 0.2) is 48.5 Å². The summed E-state index contributed by atoms with van der Waals surface area (Å²) < 4.78 is 0. The summed E-state index contributed by atoms with van der Waals surface area (Å²) in [5.74, 6) is 0.145. The van der Waals surface area contributed by atoms with Crippen LogP contribution < -0.4 is 4.90 Å². The number of hydrogen-bond donors (Lipinski definition) is 0. The molecule has 1 unspecified atom stereocenters. The highest BCUT2D eigenvalue weighted by molar-refractivity contribution is 6.21. The Kier molecular flexibility index (Phi) is 3.49. The van der Waals surface area contributed by atoms with Gasteiger partial charge in [0.2, 0.25) is 5.91 Å². The van der Waals surface area contributed by atoms with Crippen molar-refractivity contribution >= 4 is 23.2 Å². The molecule has 1 heterocycles. The largest absolute Gasteiger partial charge is 0.315 e. The molecular formula is C17H16ClNO. The van der Waals surface area contributed by atoms with Crippen molar-refractivity contribution in [1.82, 2.24) is 0 Å². The number of likely N-dealkylation sites (N-methyl/N-ethyl adjacent to an activating group) is 1. The second kappa shape index (κ2) is 5.29. The minimum Gasteiger partial charge on any atom is -0.315 e. The molecule has 2 aromatic carbocycles. The van der Waals surface area contributed by atoms with Crippen LogP contribution in [0.3, 0.4) is 0 Å². The Hall–Kier alpha value is -1.80. The molecule has 0 radical (unpaired) electrons. The van der Waals surface area contributed by atoms with Gasteiger partial charge in [-0.1, -0.05) is 42.5 Å². The molecule has 0 fully saturated rings. The molecule has 102 valence electrons. The number of carbonyl (C=O) groups is 1. The zero-order valence-corrected chi connectivity index (χ0v) is 12.1. The zero-order chi connectivity index (χ0) is 14.1. The first-order chi connectivity index (χ1) is 9.65. The number of hydrogen-bond acceptors (Lipinski definition) is 1. The minimum atomic E-state index is -0.0660. The van der Waals surface area contributed by atoms with E-state index in [2.05, 4.69) is 18.2 Å². The average molecular weight is 286 g/mol. The average Bonchev–Trinajstić information content (AvgIpc) is 2.74. The van der Waals surface area contributed by atoms with Gasteiger partial charge in [-0.25, -0.2) is 0 Å². The van der Waals surface area contributed by atoms with E-state index in [4.69, 9.17) is 11.6 Å². The predicted molar refractivity (Wildman–Crippen MR) is 82.3 cm³/mol. The summed E-state index contributed by atoms with van der Waals surface area (Å²) in [6, 6.07) is 16.3. The van der Waals surface area contributed by atoms with Crippen LogP contribution in [0.4, 0.5) is 5.69 Å². The highest BCUT2D eigenvalue weighted by Crippen LogP contribution is 2.33. The molecule has 0 saturated carbocycles. The monoisotopic (exact) mass is 285 g/mol. The molecule has 0 N–H and O–H groups in total. The van der Waals surface area contributed by atoms with E-state index in [1.54, 1.807) is 4.90 Å². The van der Waals surface area contributed by atoms with Gasteiger partial charge in [-0.05, 0) is 29.2 Å². The standard InChI is InChI=1S/C17H16ClNO/c1-19-16-8-7-13(10-14(16)11-17(19)20)15(18)9-12-5-3-2-4-6-12/h2-8,10,15H,9,11H2,1H3. The third-order valence-corrected chi connectivity index (χ3v) is 4.21. The molecule has 2 nitrogen and oxygen atoms in total. The number of carbonyl (C=O) groups excluding carboxylic acids is 1. The lowest BCUT2D eigenvalue weighted by atomic mass is 10.0. The minimum absolute atomic E-state index is 0.0660. The van der Waals surface area contributed by atoms with Crippen LogP contribution >= 0.6 is 11.6 Å². The van der Waals surface area contributed by atoms with Gasteiger partial charge in [0.15, 0.2) is 0 Å². The lowest BCUT2D eigenvalue weighted by Crippen LogP contribution is -2.20. The highest BCUT2D eigenvalue weighted by atomic mass is 35.5. The predicted octanol–water partition coefficient (Wildman–Crippen LogP) is 3.73. The summed E-state index contributed by atoms with van der Waals surface area (Å²) >= 11 is 6.52. The summed E-state index contributed by atoms with van der Waals surface area (Å²) in [5, 5.41) is -0.0660. The van der Waals surface area contributed by atoms with Gasteiger partial charge in [0.05, 0.1) is 11.8 Å². The molecule has 3 rings (SSSR count). The fraction of sp³-hybridized carbons (Fsp3) is 0.235. The van der Waals surface area contributed by atoms with E-state index in [0.29, 0.717) is 6.42 Å². The normalized spacial score (nSPS) is 15.3. The Morgan fingerprint density at radius 2 is 1.95 bits per heavy atom. The molecule has 0 saturated heterocycles. The summed E-state index contributed by atoms with van der Waals surface area (Å²) in [5.41, 5.74) is 4.38. The van der Waals surface area contributed by atoms with Gasteiger partial charge < -0.3 is 4.90 Å². The quantitative estimate of drug-likeness (QED) is 0.787. The van der Waals surface area contributed by atoms with Gasteiger partial charge in [0.25, 0.3) is 0 Å². The molecule has 1 aliphatic heterocycles. The molecule has 0 bridgehead atoms. The smallest absolute Gasteiger partial charge is 0.231 e. The zero-order valence-electron chi connectivity index (χ0n) is 11.3. The number of alkyl halides is 1. The van der Waals surface area contributed by atoms with Crippen molar-refractivity contribution in [1.29, 1.82) is 0 Å². The number of fused-ring (bicyclic) bond motifs is 1. The maximum Gasteiger partial charge on any atom is 0.231 e. The van der Waals surface area contributed by atoms with Crippen LogP contribution in [0.1, 0.15) is 22.1 Å². The van der Waals surface area contributed by atoms with Crippen molar-refractivity contribution in [2.75, 3.05) is 11.9 Å². The number of halogens is 1. The summed E-state index contributed by atoms with van der Waals surface area (Å²) in [6.07, 6.45) is 1.28. The molecular weight excluding hydrogens is 270 g/mol. The van der Waals surface area contributed by atoms with E-state index >= 15 is 0 Å². The third kappa shape index (κ3) is 2.44. The molecule has 2 aromatic rings. The number of anilines is 1. The SMILES string of the molecule is CN1C(=O)Cc2cc(C(Cl)Cc3ccccc3)ccc21. The van der Waals surface area contributed by atoms with Crippen molar-refractivity contribution in [3.8, 4) is 0 Å². The van der Waals surface area contributed by atoms with Crippen molar-refractivity contribution in [3.05, 3.63) is 65.2 Å². The maximum absolute atomic E-state index is 11.7. The topological polar surface area (TPSA) is 20.3 Å². The van der Waals surface area contributed by atoms with E-state index in [1.807, 2.05) is 37.4 Å². The maximum atomic E-state index is 11.7. The second-order valence-corrected chi connectivity index (χ2v) is 5.70. The number of benzene rings is 2. The fourth-order valence-electron chi connectivity index (χ4n) is 2.62. The van der Waals surface area contributed by atoms with E-state index in [1.165, 1.54) is 5.56 Å². The Labute approximate surface area is 124 Å². The Bertz CT molecular complexity index is 639. The Balaban J connectivity index is 1.82. The van der Waals surface area contributed by atoms with Crippen molar-refractivity contribution in [2.24, 2.45) is 0 Å². The first kappa shape index (κ1) is 13.2. The molecule has 0 aliphatic carbocycles. The van der Waals surface area contributed by atoms with Crippen LogP contribution in [0.2, 0.25) is 0 Å². The van der Waals surface area contributed by atoms with E-state index < -0.39 is 0 Å². The van der Waals surface area contributed by atoms with Gasteiger partial charge in [-0.3, -0.25) is 4.79 Å². The van der Waals surface area contributed by atoms with E-state index in [9.17, 15) is 4.79 Å². The van der Waals surface area contributed by atoms with Gasteiger partial charge in [0, 0.05) is 12.7 Å². The number of nitrogens with zero attached hydrogens (tertiary/aromatic N) is 1. The van der Waals surface area contributed by atoms with Crippen LogP contribution in [-0.2, 0) is 17.6 Å². The lowest BCUT2D eigenvalue weighted by molar-refractivity contribution is -0.117. The van der Waals surface area contributed by atoms with Gasteiger partial charge >= 0.3 is 0 Å². The summed E-state index contributed by atoms with van der Waals surface area (Å²) in [4.78, 5) is 13.4. The van der Waals surface area contributed by atoms with E-state index in [0.717, 1.165) is 23.2 Å². The van der Waals surface area contributed by atoms with Crippen LogP contribution in [0.25, 0.3) is 0 Å². The Morgan fingerprint density at radius 3 is 2.70 bits per heavy atom. The van der Waals surface area contributed by atoms with Crippen molar-refractivity contribution in [3.63, 3.8) is 0 Å². The third-order valence-electron chi connectivity index (χ3n) is 3.80. The van der Waals surface area contributed by atoms with Crippen LogP contribution in [0.5, 0.6) is 0 Å². The molecule has 0 spiro atoms. The highest BCUT2D eigenvalue weighted by Gasteiger charge is 2.24. The molecule has 1 atom stereocenters. The van der Waals surface area contributed by atoms with Crippen LogP contribution in [0, 0.1) is 0 Å². The molecule has 0 aromatic heterocycles. The first-order valence-electron chi connectivity index (χ1n) is 6.72. The van der Waals surface area contributed by atoms with Crippen molar-refractivity contribution < 1.29 is 4.79 Å². The summed E-state index contributed by atoms with van der Waals surface area (Å²) in [7, 11) is 1.82. The van der Waals surface area contributed by atoms with Crippen molar-refractivity contribution in [2.45, 2.75) is 18.2 Å². The van der Waals surface area contributed by atoms with Gasteiger partial charge in [-0.2, -0.15) is 0 Å². The molecule has 1 aliphatic rings. The van der Waals surface area contributed by atoms with Gasteiger partial charge in [0.1, 0.15) is 0 Å². The second-order valence-electron chi connectivity index (χ2n) is 5.17. The first-order valence-corrected chi connectivity index (χ1v) is 7.16. The molecule has 3 heteroatoms. The summed E-state index contributed by atoms with van der Waals surface area (Å²) in [6.45, 7) is 0. The Morgan fingerprint density at radius 1 is 1.20 bits per heavy atom. The molecule has 1 amide bonds.